The number of imide groups is 1. The van der Waals surface area contributed by atoms with Crippen LogP contribution in [0, 0.1) is 11.8 Å². The molecule has 53 heavy (non-hydrogen) atoms. The number of nitrogens with one attached hydrogen (secondary N) is 4. The van der Waals surface area contributed by atoms with Gasteiger partial charge in [-0.3, -0.25) is 38.2 Å². The van der Waals surface area contributed by atoms with E-state index < -0.39 is 81.9 Å². The van der Waals surface area contributed by atoms with Gasteiger partial charge in [-0.15, -0.1) is 0 Å². The van der Waals surface area contributed by atoms with Crippen molar-refractivity contribution in [1.82, 2.24) is 25.8 Å². The van der Waals surface area contributed by atoms with E-state index in [1.807, 2.05) is 12.1 Å². The number of nitrogens with zero attached hydrogens (tertiary/aromatic N) is 2. The highest BCUT2D eigenvalue weighted by Gasteiger charge is 2.30. The third-order valence-corrected chi connectivity index (χ3v) is 8.56. The van der Waals surface area contributed by atoms with Gasteiger partial charge in [0.1, 0.15) is 18.6 Å². The molecule has 19 heteroatoms. The number of ether oxygens (including phenoxy) is 1. The van der Waals surface area contributed by atoms with Gasteiger partial charge >= 0.3 is 6.03 Å². The molecule has 18 nitrogen and oxygen atoms in total. The SMILES string of the molecule is CC(C)Cc1ccc(NC(=O)[C@H](CCCNC(N)=O)NC(=O)[C@@H](NC(=O)CCN(CCOCCS(=O)(=O)O)C(=O)CN2C(=O)C=CC2=O)C(C)C)cc1. The van der Waals surface area contributed by atoms with Crippen molar-refractivity contribution in [2.75, 3.05) is 50.5 Å². The molecule has 8 amide bonds. The highest BCUT2D eigenvalue weighted by Crippen LogP contribution is 2.15. The van der Waals surface area contributed by atoms with E-state index in [1.54, 1.807) is 26.0 Å². The molecule has 294 valence electrons. The van der Waals surface area contributed by atoms with Crippen LogP contribution in [0.25, 0.3) is 0 Å². The molecule has 0 aliphatic carbocycles. The summed E-state index contributed by atoms with van der Waals surface area (Å²) in [7, 11) is -4.28. The van der Waals surface area contributed by atoms with Gasteiger partial charge in [-0.25, -0.2) is 4.79 Å². The maximum Gasteiger partial charge on any atom is 0.312 e. The molecule has 0 fully saturated rings. The number of carbonyl (C=O) groups is 7. The molecule has 0 radical (unpaired) electrons. The number of hydrogen-bond acceptors (Lipinski definition) is 10. The smallest absolute Gasteiger partial charge is 0.312 e. The lowest BCUT2D eigenvalue weighted by Gasteiger charge is -2.27. The van der Waals surface area contributed by atoms with E-state index >= 15 is 0 Å². The Morgan fingerprint density at radius 1 is 0.925 bits per heavy atom. The Bertz CT molecular complexity index is 1580. The van der Waals surface area contributed by atoms with Crippen molar-refractivity contribution in [3.05, 3.63) is 42.0 Å². The van der Waals surface area contributed by atoms with E-state index in [0.29, 0.717) is 22.9 Å². The van der Waals surface area contributed by atoms with Crippen molar-refractivity contribution in [3.8, 4) is 0 Å². The van der Waals surface area contributed by atoms with Crippen molar-refractivity contribution >= 4 is 57.3 Å². The first-order valence-electron chi connectivity index (χ1n) is 17.2. The van der Waals surface area contributed by atoms with Gasteiger partial charge in [-0.1, -0.05) is 39.8 Å². The van der Waals surface area contributed by atoms with Crippen LogP contribution >= 0.6 is 0 Å². The highest BCUT2D eigenvalue weighted by molar-refractivity contribution is 7.85. The minimum Gasteiger partial charge on any atom is -0.378 e. The van der Waals surface area contributed by atoms with Crippen molar-refractivity contribution in [2.24, 2.45) is 17.6 Å². The molecule has 1 aromatic rings. The summed E-state index contributed by atoms with van der Waals surface area (Å²) in [6.07, 6.45) is 3.00. The first-order valence-corrected chi connectivity index (χ1v) is 18.8. The topological polar surface area (TPSA) is 264 Å². The molecular formula is C34H51N7O11S. The molecule has 2 atom stereocenters. The molecule has 0 unspecified atom stereocenters. The van der Waals surface area contributed by atoms with Gasteiger partial charge in [0.15, 0.2) is 0 Å². The van der Waals surface area contributed by atoms with E-state index in [9.17, 15) is 42.0 Å². The number of anilines is 1. The fourth-order valence-corrected chi connectivity index (χ4v) is 5.44. The standard InChI is InChI=1S/C34H51N7O11S/c1-22(2)20-24-7-9-25(10-8-24)37-32(46)26(6-5-14-36-34(35)48)38-33(47)31(23(3)4)39-27(42)13-15-40(16-17-52-18-19-53(49,50)51)30(45)21-41-28(43)11-12-29(41)44/h7-12,22-23,26,31H,5-6,13-21H2,1-4H3,(H,37,46)(H,38,47)(H,39,42)(H3,35,36,48)(H,49,50,51)/t26-,31-/m0/s1. The number of primary amides is 1. The van der Waals surface area contributed by atoms with Gasteiger partial charge < -0.3 is 36.6 Å². The van der Waals surface area contributed by atoms with Gasteiger partial charge in [0, 0.05) is 43.9 Å². The number of rotatable bonds is 23. The predicted molar refractivity (Wildman–Crippen MR) is 193 cm³/mol. The molecule has 1 aliphatic rings. The van der Waals surface area contributed by atoms with Crippen LogP contribution in [0.15, 0.2) is 36.4 Å². The first-order chi connectivity index (χ1) is 24.9. The fourth-order valence-electron chi connectivity index (χ4n) is 5.11. The molecule has 0 spiro atoms. The van der Waals surface area contributed by atoms with Crippen LogP contribution < -0.4 is 27.0 Å². The van der Waals surface area contributed by atoms with Crippen LogP contribution in [0.5, 0.6) is 0 Å². The number of urea groups is 1. The molecule has 2 rings (SSSR count). The Morgan fingerprint density at radius 2 is 1.57 bits per heavy atom. The van der Waals surface area contributed by atoms with Crippen LogP contribution in [0.3, 0.4) is 0 Å². The van der Waals surface area contributed by atoms with Gasteiger partial charge in [-0.05, 0) is 48.8 Å². The van der Waals surface area contributed by atoms with Crippen molar-refractivity contribution in [2.45, 2.75) is 65.5 Å². The quantitative estimate of drug-likeness (QED) is 0.0489. The highest BCUT2D eigenvalue weighted by atomic mass is 32.2. The minimum absolute atomic E-state index is 0.128. The summed E-state index contributed by atoms with van der Waals surface area (Å²) in [6.45, 7) is 6.16. The maximum atomic E-state index is 13.5. The monoisotopic (exact) mass is 765 g/mol. The Hall–Kier alpha value is -4.88. The zero-order chi connectivity index (χ0) is 39.7. The average molecular weight is 766 g/mol. The molecule has 1 heterocycles. The van der Waals surface area contributed by atoms with Crippen molar-refractivity contribution in [3.63, 3.8) is 0 Å². The van der Waals surface area contributed by atoms with E-state index in [4.69, 9.17) is 15.0 Å². The van der Waals surface area contributed by atoms with Crippen LogP contribution in [0.1, 0.15) is 52.5 Å². The second-order valence-corrected chi connectivity index (χ2v) is 14.8. The van der Waals surface area contributed by atoms with Gasteiger partial charge in [-0.2, -0.15) is 8.42 Å². The summed E-state index contributed by atoms with van der Waals surface area (Å²) < 4.78 is 36.0. The fraction of sp³-hybridized carbons (Fsp3) is 0.559. The van der Waals surface area contributed by atoms with Crippen LogP contribution in [0.2, 0.25) is 0 Å². The van der Waals surface area contributed by atoms with Crippen molar-refractivity contribution < 1.29 is 51.3 Å². The zero-order valence-corrected chi connectivity index (χ0v) is 31.3. The van der Waals surface area contributed by atoms with Crippen LogP contribution in [0.4, 0.5) is 10.5 Å². The molecule has 1 aliphatic heterocycles. The zero-order valence-electron chi connectivity index (χ0n) is 30.5. The molecule has 0 saturated heterocycles. The Balaban J connectivity index is 2.10. The summed E-state index contributed by atoms with van der Waals surface area (Å²) in [6, 6.07) is 4.44. The van der Waals surface area contributed by atoms with E-state index in [2.05, 4.69) is 35.1 Å². The van der Waals surface area contributed by atoms with Gasteiger partial charge in [0.25, 0.3) is 21.9 Å². The van der Waals surface area contributed by atoms with E-state index in [0.717, 1.165) is 29.0 Å². The summed E-state index contributed by atoms with van der Waals surface area (Å²) in [5.74, 6) is -4.55. The van der Waals surface area contributed by atoms with Crippen molar-refractivity contribution in [1.29, 1.82) is 0 Å². The predicted octanol–water partition coefficient (Wildman–Crippen LogP) is -0.0542. The number of carbonyl (C=O) groups excluding carboxylic acids is 7. The summed E-state index contributed by atoms with van der Waals surface area (Å²) in [5, 5.41) is 10.6. The normalized spacial score (nSPS) is 13.9. The summed E-state index contributed by atoms with van der Waals surface area (Å²) in [4.78, 5) is 90.1. The Labute approximate surface area is 309 Å². The summed E-state index contributed by atoms with van der Waals surface area (Å²) >= 11 is 0. The first kappa shape index (κ1) is 44.3. The molecule has 0 saturated carbocycles. The number of nitrogens with two attached hydrogens (primary N) is 1. The molecule has 0 bridgehead atoms. The summed E-state index contributed by atoms with van der Waals surface area (Å²) in [5.41, 5.74) is 6.76. The third kappa shape index (κ3) is 17.0. The second-order valence-electron chi connectivity index (χ2n) is 13.2. The Kier molecular flexibility index (Phi) is 18.0. The number of benzene rings is 1. The molecule has 7 N–H and O–H groups in total. The molecular weight excluding hydrogens is 714 g/mol. The second kappa shape index (κ2) is 21.6. The lowest BCUT2D eigenvalue weighted by Crippen LogP contribution is -2.55. The lowest BCUT2D eigenvalue weighted by molar-refractivity contribution is -0.145. The van der Waals surface area contributed by atoms with Gasteiger partial charge in [0.05, 0.1) is 19.0 Å². The van der Waals surface area contributed by atoms with Crippen LogP contribution in [-0.4, -0.2) is 121 Å². The van der Waals surface area contributed by atoms with E-state index in [1.165, 1.54) is 0 Å². The number of hydrogen-bond donors (Lipinski definition) is 6. The number of amides is 8. The van der Waals surface area contributed by atoms with E-state index in [-0.39, 0.29) is 45.7 Å². The Morgan fingerprint density at radius 3 is 2.13 bits per heavy atom. The van der Waals surface area contributed by atoms with Crippen LogP contribution in [-0.2, 0) is 50.0 Å². The maximum absolute atomic E-state index is 13.5. The molecule has 1 aromatic carbocycles. The third-order valence-electron chi connectivity index (χ3n) is 7.88. The average Bonchev–Trinajstić information content (AvgIpc) is 3.37. The minimum atomic E-state index is -4.28. The lowest BCUT2D eigenvalue weighted by atomic mass is 10.0. The van der Waals surface area contributed by atoms with Gasteiger partial charge in [0.2, 0.25) is 23.6 Å². The molecule has 0 aromatic heterocycles. The largest absolute Gasteiger partial charge is 0.378 e.